The van der Waals surface area contributed by atoms with Gasteiger partial charge in [0.05, 0.1) is 13.1 Å². The molecule has 1 aliphatic carbocycles. The second-order valence-corrected chi connectivity index (χ2v) is 7.63. The molecule has 1 heterocycles. The maximum absolute atomic E-state index is 12.4. The molecule has 1 aromatic heterocycles. The lowest BCUT2D eigenvalue weighted by Crippen LogP contribution is -2.38. The first kappa shape index (κ1) is 23.0. The number of methoxy groups -OCH3 is 1. The van der Waals surface area contributed by atoms with Gasteiger partial charge in [-0.1, -0.05) is 53.7 Å². The van der Waals surface area contributed by atoms with Gasteiger partial charge in [0, 0.05) is 13.0 Å². The number of carboxylic acids is 1. The molecule has 1 atom stereocenters. The molecular formula is C24H23N3O7. The molecule has 3 aromatic rings. The molecule has 0 spiro atoms. The third-order valence-corrected chi connectivity index (χ3v) is 5.64. The fourth-order valence-corrected chi connectivity index (χ4v) is 3.93. The second kappa shape index (κ2) is 10.2. The quantitative estimate of drug-likeness (QED) is 0.438. The third-order valence-electron chi connectivity index (χ3n) is 5.64. The number of carbonyl (C=O) groups is 3. The van der Waals surface area contributed by atoms with Crippen molar-refractivity contribution < 1.29 is 33.5 Å². The van der Waals surface area contributed by atoms with Crippen LogP contribution in [0.15, 0.2) is 59.3 Å². The Hall–Kier alpha value is -4.18. The number of nitrogens with one attached hydrogen (secondary N) is 2. The normalized spacial score (nSPS) is 13.0. The molecule has 2 aromatic carbocycles. The number of nitrogens with zero attached hydrogens (tertiary/aromatic N) is 1. The number of aliphatic carboxylic acids is 1. The van der Waals surface area contributed by atoms with Crippen LogP contribution in [-0.4, -0.2) is 54.6 Å². The van der Waals surface area contributed by atoms with Gasteiger partial charge in [0.25, 0.3) is 5.91 Å². The summed E-state index contributed by atoms with van der Waals surface area (Å²) in [4.78, 5) is 35.7. The first-order chi connectivity index (χ1) is 16.5. The molecule has 0 saturated carbocycles. The minimum atomic E-state index is -1.20. The minimum Gasteiger partial charge on any atom is -0.479 e. The van der Waals surface area contributed by atoms with Gasteiger partial charge in [-0.05, 0) is 22.3 Å². The monoisotopic (exact) mass is 465 g/mol. The molecule has 1 unspecified atom stereocenters. The number of aromatic nitrogens is 1. The summed E-state index contributed by atoms with van der Waals surface area (Å²) in [6, 6.07) is 16.0. The van der Waals surface area contributed by atoms with Gasteiger partial charge >= 0.3 is 12.1 Å². The topological polar surface area (TPSA) is 140 Å². The van der Waals surface area contributed by atoms with Crippen molar-refractivity contribution in [3.8, 4) is 11.1 Å². The molecule has 1 aliphatic rings. The summed E-state index contributed by atoms with van der Waals surface area (Å²) >= 11 is 0. The van der Waals surface area contributed by atoms with Crippen molar-refractivity contribution in [3.63, 3.8) is 0 Å². The zero-order valence-electron chi connectivity index (χ0n) is 18.3. The third kappa shape index (κ3) is 4.76. The summed E-state index contributed by atoms with van der Waals surface area (Å²) in [5.41, 5.74) is 4.70. The van der Waals surface area contributed by atoms with Gasteiger partial charge in [-0.2, -0.15) is 0 Å². The standard InChI is InChI=1S/C24H23N3O7/c1-32-21(23(29)30)11-25-22(28)19-13-34-27-20(19)10-26-24(31)33-12-18-16-8-4-2-6-14(16)15-7-3-5-9-17(15)18/h2-9,13,18,21H,10-12H2,1H3,(H,25,28)(H,26,31)(H,29,30). The van der Waals surface area contributed by atoms with Crippen LogP contribution >= 0.6 is 0 Å². The number of hydrogen-bond donors (Lipinski definition) is 3. The van der Waals surface area contributed by atoms with Gasteiger partial charge in [-0.15, -0.1) is 0 Å². The van der Waals surface area contributed by atoms with Gasteiger partial charge in [0.1, 0.15) is 24.1 Å². The molecule has 4 rings (SSSR count). The summed E-state index contributed by atoms with van der Waals surface area (Å²) in [6.07, 6.45) is -0.736. The van der Waals surface area contributed by atoms with Gasteiger partial charge in [-0.3, -0.25) is 4.79 Å². The number of carboxylic acid groups (broad SMARTS) is 1. The smallest absolute Gasteiger partial charge is 0.407 e. The van der Waals surface area contributed by atoms with E-state index < -0.39 is 24.1 Å². The summed E-state index contributed by atoms with van der Waals surface area (Å²) in [5.74, 6) is -1.88. The maximum Gasteiger partial charge on any atom is 0.407 e. The molecule has 10 heteroatoms. The van der Waals surface area contributed by atoms with E-state index >= 15 is 0 Å². The number of carbonyl (C=O) groups excluding carboxylic acids is 2. The number of hydrogen-bond acceptors (Lipinski definition) is 7. The van der Waals surface area contributed by atoms with Crippen molar-refractivity contribution in [2.45, 2.75) is 18.6 Å². The summed E-state index contributed by atoms with van der Waals surface area (Å²) in [7, 11) is 1.23. The largest absolute Gasteiger partial charge is 0.479 e. The van der Waals surface area contributed by atoms with Crippen LogP contribution in [0.5, 0.6) is 0 Å². The van der Waals surface area contributed by atoms with Crippen LogP contribution in [0.1, 0.15) is 33.1 Å². The van der Waals surface area contributed by atoms with Crippen LogP contribution in [0.3, 0.4) is 0 Å². The Balaban J connectivity index is 1.32. The zero-order valence-corrected chi connectivity index (χ0v) is 18.3. The molecule has 34 heavy (non-hydrogen) atoms. The lowest BCUT2D eigenvalue weighted by Gasteiger charge is -2.14. The lowest BCUT2D eigenvalue weighted by molar-refractivity contribution is -0.148. The van der Waals surface area contributed by atoms with Crippen molar-refractivity contribution >= 4 is 18.0 Å². The van der Waals surface area contributed by atoms with Crippen molar-refractivity contribution in [2.75, 3.05) is 20.3 Å². The van der Waals surface area contributed by atoms with Gasteiger partial charge in [0.15, 0.2) is 6.10 Å². The van der Waals surface area contributed by atoms with Crippen molar-refractivity contribution in [1.29, 1.82) is 0 Å². The van der Waals surface area contributed by atoms with E-state index in [1.54, 1.807) is 0 Å². The molecule has 0 bridgehead atoms. The number of ether oxygens (including phenoxy) is 2. The molecule has 176 valence electrons. The summed E-state index contributed by atoms with van der Waals surface area (Å²) in [5, 5.41) is 17.7. The summed E-state index contributed by atoms with van der Waals surface area (Å²) < 4.78 is 15.1. The van der Waals surface area contributed by atoms with Crippen LogP contribution in [-0.2, 0) is 20.8 Å². The lowest BCUT2D eigenvalue weighted by atomic mass is 9.98. The minimum absolute atomic E-state index is 0.0687. The van der Waals surface area contributed by atoms with Crippen LogP contribution < -0.4 is 10.6 Å². The Bertz CT molecular complexity index is 1160. The highest BCUT2D eigenvalue weighted by Crippen LogP contribution is 2.44. The molecule has 3 N–H and O–H groups in total. The van der Waals surface area contributed by atoms with E-state index in [0.717, 1.165) is 28.5 Å². The highest BCUT2D eigenvalue weighted by molar-refractivity contribution is 5.95. The highest BCUT2D eigenvalue weighted by Gasteiger charge is 2.29. The average molecular weight is 465 g/mol. The van der Waals surface area contributed by atoms with Crippen LogP contribution in [0, 0.1) is 0 Å². The highest BCUT2D eigenvalue weighted by atomic mass is 16.5. The Morgan fingerprint density at radius 1 is 1.06 bits per heavy atom. The van der Waals surface area contributed by atoms with E-state index in [1.807, 2.05) is 36.4 Å². The van der Waals surface area contributed by atoms with Crippen molar-refractivity contribution in [1.82, 2.24) is 15.8 Å². The van der Waals surface area contributed by atoms with Crippen LogP contribution in [0.4, 0.5) is 4.79 Å². The van der Waals surface area contributed by atoms with Gasteiger partial charge in [-0.25, -0.2) is 9.59 Å². The molecule has 0 saturated heterocycles. The molecule has 0 fully saturated rings. The average Bonchev–Trinajstić information content (AvgIpc) is 3.44. The van der Waals surface area contributed by atoms with Gasteiger partial charge < -0.3 is 29.7 Å². The molecular weight excluding hydrogens is 442 g/mol. The number of amides is 2. The fraction of sp³-hybridized carbons (Fsp3) is 0.250. The SMILES string of the molecule is COC(CNC(=O)c1conc1CNC(=O)OCC1c2ccccc2-c2ccccc21)C(=O)O. The Kier molecular flexibility index (Phi) is 6.88. The van der Waals surface area contributed by atoms with Crippen LogP contribution in [0.25, 0.3) is 11.1 Å². The maximum atomic E-state index is 12.4. The second-order valence-electron chi connectivity index (χ2n) is 7.63. The van der Waals surface area contributed by atoms with E-state index in [9.17, 15) is 14.4 Å². The molecule has 0 radical (unpaired) electrons. The van der Waals surface area contributed by atoms with E-state index in [0.29, 0.717) is 0 Å². The predicted molar refractivity (Wildman–Crippen MR) is 119 cm³/mol. The van der Waals surface area contributed by atoms with Crippen molar-refractivity contribution in [3.05, 3.63) is 77.2 Å². The molecule has 2 amide bonds. The number of alkyl carbamates (subject to hydrolysis) is 1. The number of fused-ring (bicyclic) bond motifs is 3. The Labute approximate surface area is 194 Å². The van der Waals surface area contributed by atoms with E-state index in [2.05, 4.69) is 27.9 Å². The molecule has 10 nitrogen and oxygen atoms in total. The number of rotatable bonds is 9. The van der Waals surface area contributed by atoms with E-state index in [-0.39, 0.29) is 36.9 Å². The Morgan fingerprint density at radius 2 is 1.71 bits per heavy atom. The Morgan fingerprint density at radius 3 is 2.32 bits per heavy atom. The molecule has 0 aliphatic heterocycles. The first-order valence-electron chi connectivity index (χ1n) is 10.6. The predicted octanol–water partition coefficient (Wildman–Crippen LogP) is 2.54. The fourth-order valence-electron chi connectivity index (χ4n) is 3.93. The van der Waals surface area contributed by atoms with Crippen LogP contribution in [0.2, 0.25) is 0 Å². The summed E-state index contributed by atoms with van der Waals surface area (Å²) in [6.45, 7) is -0.197. The number of benzene rings is 2. The van der Waals surface area contributed by atoms with E-state index in [1.165, 1.54) is 7.11 Å². The first-order valence-corrected chi connectivity index (χ1v) is 10.6. The zero-order chi connectivity index (χ0) is 24.1. The van der Waals surface area contributed by atoms with Gasteiger partial charge in [0.2, 0.25) is 0 Å². The van der Waals surface area contributed by atoms with Crippen molar-refractivity contribution in [2.24, 2.45) is 0 Å². The van der Waals surface area contributed by atoms with E-state index in [4.69, 9.17) is 19.1 Å².